The highest BCUT2D eigenvalue weighted by Gasteiger charge is 2.51. The third kappa shape index (κ3) is 3.05. The van der Waals surface area contributed by atoms with Crippen molar-refractivity contribution in [1.82, 2.24) is 0 Å². The van der Waals surface area contributed by atoms with Crippen LogP contribution in [0.25, 0.3) is 0 Å². The largest absolute Gasteiger partial charge is 0.388 e. The van der Waals surface area contributed by atoms with Crippen molar-refractivity contribution >= 4 is 0 Å². The molecule has 0 aromatic rings. The van der Waals surface area contributed by atoms with E-state index in [4.69, 9.17) is 9.47 Å². The lowest BCUT2D eigenvalue weighted by Gasteiger charge is -2.44. The molecule has 10 heteroatoms. The number of aliphatic hydroxyl groups excluding tert-OH is 8. The van der Waals surface area contributed by atoms with E-state index < -0.39 is 61.2 Å². The smallest absolute Gasteiger partial charge is 0.186 e. The van der Waals surface area contributed by atoms with Gasteiger partial charge in [-0.1, -0.05) is 0 Å². The summed E-state index contributed by atoms with van der Waals surface area (Å²) in [6.45, 7) is -0.352. The van der Waals surface area contributed by atoms with Crippen LogP contribution in [0.2, 0.25) is 0 Å². The van der Waals surface area contributed by atoms with Crippen LogP contribution in [0.15, 0.2) is 0 Å². The summed E-state index contributed by atoms with van der Waals surface area (Å²) in [5, 5.41) is 76.6. The third-order valence-corrected chi connectivity index (χ3v) is 3.82. The lowest BCUT2D eigenvalue weighted by Crippen LogP contribution is -2.66. The first kappa shape index (κ1) is 17.0. The molecule has 1 saturated carbocycles. The predicted molar refractivity (Wildman–Crippen MR) is 62.7 cm³/mol. The first-order valence-corrected chi connectivity index (χ1v) is 6.47. The van der Waals surface area contributed by atoms with Crippen LogP contribution in [0, 0.1) is 0 Å². The Morgan fingerprint density at radius 1 is 0.619 bits per heavy atom. The molecule has 0 radical (unpaired) electrons. The molecule has 0 aromatic carbocycles. The topological polar surface area (TPSA) is 180 Å². The van der Waals surface area contributed by atoms with E-state index in [1.807, 2.05) is 0 Å². The molecule has 124 valence electrons. The van der Waals surface area contributed by atoms with Gasteiger partial charge in [0.2, 0.25) is 0 Å². The molecule has 2 fully saturated rings. The van der Waals surface area contributed by atoms with Gasteiger partial charge < -0.3 is 50.3 Å². The second kappa shape index (κ2) is 6.38. The Morgan fingerprint density at radius 3 is 1.62 bits per heavy atom. The van der Waals surface area contributed by atoms with Crippen LogP contribution in [-0.2, 0) is 9.47 Å². The van der Waals surface area contributed by atoms with Gasteiger partial charge in [-0.3, -0.25) is 0 Å². The van der Waals surface area contributed by atoms with Crippen molar-refractivity contribution in [3.8, 4) is 0 Å². The van der Waals surface area contributed by atoms with Gasteiger partial charge in [-0.15, -0.1) is 0 Å². The zero-order valence-electron chi connectivity index (χ0n) is 10.9. The molecule has 0 aromatic heterocycles. The van der Waals surface area contributed by atoms with Crippen LogP contribution < -0.4 is 0 Å². The SMILES string of the molecule is OC1C(O)[C@H](O)[C@@H](O)C(O[C@H]2OC[C@H](O)[C@H](O)[C@H]2O)[C@H]1O. The Morgan fingerprint density at radius 2 is 1.10 bits per heavy atom. The van der Waals surface area contributed by atoms with Crippen LogP contribution in [0.5, 0.6) is 0 Å². The average Bonchev–Trinajstić information content (AvgIpc) is 2.47. The molecular formula is C11H20O10. The summed E-state index contributed by atoms with van der Waals surface area (Å²) in [4.78, 5) is 0. The first-order valence-electron chi connectivity index (χ1n) is 6.47. The number of aliphatic hydroxyl groups is 8. The minimum atomic E-state index is -1.77. The minimum Gasteiger partial charge on any atom is -0.388 e. The van der Waals surface area contributed by atoms with E-state index in [0.717, 1.165) is 0 Å². The normalized spacial score (nSPS) is 55.4. The fourth-order valence-corrected chi connectivity index (χ4v) is 2.41. The maximum Gasteiger partial charge on any atom is 0.186 e. The van der Waals surface area contributed by atoms with Crippen molar-refractivity contribution in [1.29, 1.82) is 0 Å². The third-order valence-electron chi connectivity index (χ3n) is 3.82. The highest BCUT2D eigenvalue weighted by atomic mass is 16.7. The molecule has 1 saturated heterocycles. The Bertz CT molecular complexity index is 338. The molecule has 8 N–H and O–H groups in total. The van der Waals surface area contributed by atoms with Crippen LogP contribution in [0.3, 0.4) is 0 Å². The fraction of sp³-hybridized carbons (Fsp3) is 1.00. The summed E-state index contributed by atoms with van der Waals surface area (Å²) in [7, 11) is 0. The van der Waals surface area contributed by atoms with Gasteiger partial charge in [0.15, 0.2) is 6.29 Å². The Kier molecular flexibility index (Phi) is 5.15. The van der Waals surface area contributed by atoms with Gasteiger partial charge in [0, 0.05) is 0 Å². The molecule has 2 rings (SSSR count). The van der Waals surface area contributed by atoms with Crippen LogP contribution in [-0.4, -0.2) is 109 Å². The van der Waals surface area contributed by atoms with Gasteiger partial charge >= 0.3 is 0 Å². The Labute approximate surface area is 119 Å². The van der Waals surface area contributed by atoms with Gasteiger partial charge in [-0.2, -0.15) is 0 Å². The molecule has 0 amide bonds. The summed E-state index contributed by atoms with van der Waals surface area (Å²) in [6.07, 6.45) is -16.4. The monoisotopic (exact) mass is 312 g/mol. The van der Waals surface area contributed by atoms with E-state index in [-0.39, 0.29) is 6.61 Å². The molecule has 1 aliphatic carbocycles. The zero-order valence-corrected chi connectivity index (χ0v) is 10.9. The number of hydrogen-bond donors (Lipinski definition) is 8. The van der Waals surface area contributed by atoms with Gasteiger partial charge in [0.25, 0.3) is 0 Å². The van der Waals surface area contributed by atoms with E-state index in [1.165, 1.54) is 0 Å². The lowest BCUT2D eigenvalue weighted by atomic mass is 9.85. The van der Waals surface area contributed by atoms with E-state index in [9.17, 15) is 40.9 Å². The molecule has 1 aliphatic heterocycles. The molecule has 0 spiro atoms. The van der Waals surface area contributed by atoms with Gasteiger partial charge in [0.1, 0.15) is 54.9 Å². The average molecular weight is 312 g/mol. The minimum absolute atomic E-state index is 0.352. The lowest BCUT2D eigenvalue weighted by molar-refractivity contribution is -0.320. The molecular weight excluding hydrogens is 292 g/mol. The molecule has 0 bridgehead atoms. The Balaban J connectivity index is 2.07. The predicted octanol–water partition coefficient (Wildman–Crippen LogP) is -5.37. The van der Waals surface area contributed by atoms with E-state index in [0.29, 0.717) is 0 Å². The second-order valence-corrected chi connectivity index (χ2v) is 5.30. The van der Waals surface area contributed by atoms with Crippen molar-refractivity contribution < 1.29 is 50.3 Å². The maximum atomic E-state index is 9.78. The van der Waals surface area contributed by atoms with Crippen LogP contribution >= 0.6 is 0 Å². The van der Waals surface area contributed by atoms with Crippen molar-refractivity contribution in [3.05, 3.63) is 0 Å². The summed E-state index contributed by atoms with van der Waals surface area (Å²) in [6, 6.07) is 0. The summed E-state index contributed by atoms with van der Waals surface area (Å²) >= 11 is 0. The highest BCUT2D eigenvalue weighted by molar-refractivity contribution is 5.00. The molecule has 21 heavy (non-hydrogen) atoms. The van der Waals surface area contributed by atoms with E-state index in [1.54, 1.807) is 0 Å². The quantitative estimate of drug-likeness (QED) is 0.245. The summed E-state index contributed by atoms with van der Waals surface area (Å²) < 4.78 is 10.0. The van der Waals surface area contributed by atoms with Crippen molar-refractivity contribution in [2.45, 2.75) is 61.2 Å². The highest BCUT2D eigenvalue weighted by Crippen LogP contribution is 2.27. The van der Waals surface area contributed by atoms with Crippen molar-refractivity contribution in [2.75, 3.05) is 6.61 Å². The number of ether oxygens (including phenoxy) is 2. The summed E-state index contributed by atoms with van der Waals surface area (Å²) in [5.41, 5.74) is 0. The fourth-order valence-electron chi connectivity index (χ4n) is 2.41. The molecule has 3 unspecified atom stereocenters. The first-order chi connectivity index (χ1) is 9.75. The number of hydrogen-bond acceptors (Lipinski definition) is 10. The van der Waals surface area contributed by atoms with Crippen LogP contribution in [0.1, 0.15) is 0 Å². The number of rotatable bonds is 2. The van der Waals surface area contributed by atoms with Gasteiger partial charge in [-0.25, -0.2) is 0 Å². The van der Waals surface area contributed by atoms with Crippen LogP contribution in [0.4, 0.5) is 0 Å². The standard InChI is InChI=1S/C11H20O10/c12-2-1-20-11(9(19)3(2)13)21-10-7(17)5(15)4(14)6(16)8(10)18/h2-19H,1H2/t2-,3-,4?,5-,6?,7+,8-,9+,10?,11+/m0/s1. The zero-order chi connectivity index (χ0) is 15.9. The van der Waals surface area contributed by atoms with E-state index >= 15 is 0 Å². The van der Waals surface area contributed by atoms with Gasteiger partial charge in [0.05, 0.1) is 6.61 Å². The summed E-state index contributed by atoms with van der Waals surface area (Å²) in [5.74, 6) is 0. The van der Waals surface area contributed by atoms with Crippen molar-refractivity contribution in [3.63, 3.8) is 0 Å². The van der Waals surface area contributed by atoms with E-state index in [2.05, 4.69) is 0 Å². The van der Waals surface area contributed by atoms with Gasteiger partial charge in [-0.05, 0) is 0 Å². The Hall–Kier alpha value is -0.400. The molecule has 10 nitrogen and oxygen atoms in total. The second-order valence-electron chi connectivity index (χ2n) is 5.30. The molecule has 10 atom stereocenters. The maximum absolute atomic E-state index is 9.78. The van der Waals surface area contributed by atoms with Crippen molar-refractivity contribution in [2.24, 2.45) is 0 Å². The molecule has 1 heterocycles. The molecule has 2 aliphatic rings.